The van der Waals surface area contributed by atoms with E-state index >= 15 is 0 Å². The lowest BCUT2D eigenvalue weighted by molar-refractivity contribution is 0.202. The number of fused-ring (bicyclic) bond motifs is 1. The molecular formula is C26H27ClN4. The number of halogens is 1. The van der Waals surface area contributed by atoms with Gasteiger partial charge in [0.25, 0.3) is 0 Å². The standard InChI is InChI=1S/C26H27ClN4/c27-22-9-11-23(12-10-22)31-25-8-4-2-1-3-7-24(25)26(29-31)21-13-16-30(17-14-21)19-20-6-5-15-28-18-20/h1,3,5-12,15,18,21H,2,4,13-14,16-17,19H2/b3-1-,24-7+,25-8+. The van der Waals surface area contributed by atoms with Gasteiger partial charge < -0.3 is 0 Å². The van der Waals surface area contributed by atoms with Crippen LogP contribution in [-0.4, -0.2) is 32.8 Å². The number of piperidine rings is 1. The van der Waals surface area contributed by atoms with Crippen LogP contribution in [0.15, 0.2) is 60.9 Å². The molecule has 1 aliphatic heterocycles. The van der Waals surface area contributed by atoms with Crippen LogP contribution in [0.5, 0.6) is 0 Å². The summed E-state index contributed by atoms with van der Waals surface area (Å²) in [7, 11) is 0. The third-order valence-electron chi connectivity index (χ3n) is 6.23. The molecule has 158 valence electrons. The van der Waals surface area contributed by atoms with E-state index in [1.807, 2.05) is 30.6 Å². The fraction of sp³-hybridized carbons (Fsp3) is 0.308. The van der Waals surface area contributed by atoms with Crippen molar-refractivity contribution in [3.8, 4) is 5.69 Å². The van der Waals surface area contributed by atoms with Crippen LogP contribution in [0.3, 0.4) is 0 Å². The predicted octanol–water partition coefficient (Wildman–Crippen LogP) is 4.21. The molecule has 0 saturated carbocycles. The number of nitrogens with zero attached hydrogens (tertiary/aromatic N) is 4. The van der Waals surface area contributed by atoms with E-state index in [1.54, 1.807) is 0 Å². The summed E-state index contributed by atoms with van der Waals surface area (Å²) in [5.74, 6) is 0.477. The highest BCUT2D eigenvalue weighted by Crippen LogP contribution is 2.26. The van der Waals surface area contributed by atoms with Gasteiger partial charge in [-0.05, 0) is 74.7 Å². The van der Waals surface area contributed by atoms with E-state index in [-0.39, 0.29) is 0 Å². The normalized spacial score (nSPS) is 20.5. The smallest absolute Gasteiger partial charge is 0.0739 e. The summed E-state index contributed by atoms with van der Waals surface area (Å²) in [6, 6.07) is 12.2. The third-order valence-corrected chi connectivity index (χ3v) is 6.48. The molecule has 0 atom stereocenters. The second kappa shape index (κ2) is 9.21. The van der Waals surface area contributed by atoms with Gasteiger partial charge in [0.05, 0.1) is 16.7 Å². The number of hydrogen-bond acceptors (Lipinski definition) is 3. The number of aromatic nitrogens is 3. The molecule has 0 amide bonds. The summed E-state index contributed by atoms with van der Waals surface area (Å²) in [5, 5.41) is 8.39. The Hall–Kier alpha value is -2.69. The Morgan fingerprint density at radius 3 is 2.65 bits per heavy atom. The van der Waals surface area contributed by atoms with E-state index in [9.17, 15) is 0 Å². The molecule has 1 aliphatic carbocycles. The van der Waals surface area contributed by atoms with Gasteiger partial charge in [0.1, 0.15) is 0 Å². The summed E-state index contributed by atoms with van der Waals surface area (Å²) < 4.78 is 2.11. The molecule has 1 aromatic carbocycles. The number of rotatable bonds is 4. The number of pyridine rings is 1. The molecule has 0 radical (unpaired) electrons. The van der Waals surface area contributed by atoms with Crippen molar-refractivity contribution < 1.29 is 0 Å². The lowest BCUT2D eigenvalue weighted by Crippen LogP contribution is -2.35. The van der Waals surface area contributed by atoms with Gasteiger partial charge in [0.15, 0.2) is 0 Å². The van der Waals surface area contributed by atoms with Gasteiger partial charge in [0, 0.05) is 35.1 Å². The molecule has 1 fully saturated rings. The molecule has 2 aromatic heterocycles. The molecule has 4 nitrogen and oxygen atoms in total. The average Bonchev–Trinajstić information content (AvgIpc) is 3.12. The Morgan fingerprint density at radius 2 is 1.87 bits per heavy atom. The molecule has 0 unspecified atom stereocenters. The number of allylic oxidation sites excluding steroid dienone is 2. The van der Waals surface area contributed by atoms with E-state index < -0.39 is 0 Å². The van der Waals surface area contributed by atoms with Crippen LogP contribution in [0.1, 0.15) is 42.9 Å². The highest BCUT2D eigenvalue weighted by molar-refractivity contribution is 6.30. The summed E-state index contributed by atoms with van der Waals surface area (Å²) >= 11 is 6.13. The van der Waals surface area contributed by atoms with Gasteiger partial charge in [-0.15, -0.1) is 0 Å². The van der Waals surface area contributed by atoms with Gasteiger partial charge in [-0.2, -0.15) is 5.10 Å². The molecule has 0 bridgehead atoms. The van der Waals surface area contributed by atoms with Crippen molar-refractivity contribution in [2.75, 3.05) is 13.1 Å². The Morgan fingerprint density at radius 1 is 1.03 bits per heavy atom. The van der Waals surface area contributed by atoms with Crippen LogP contribution in [-0.2, 0) is 6.54 Å². The average molecular weight is 431 g/mol. The second-order valence-electron chi connectivity index (χ2n) is 8.36. The Bertz CT molecular complexity index is 1170. The fourth-order valence-electron chi connectivity index (χ4n) is 4.60. The predicted molar refractivity (Wildman–Crippen MR) is 127 cm³/mol. The van der Waals surface area contributed by atoms with Gasteiger partial charge in [-0.3, -0.25) is 9.88 Å². The second-order valence-corrected chi connectivity index (χ2v) is 8.80. The molecule has 0 N–H and O–H groups in total. The molecular weight excluding hydrogens is 404 g/mol. The molecule has 5 rings (SSSR count). The summed E-state index contributed by atoms with van der Waals surface area (Å²) in [6.07, 6.45) is 17.2. The van der Waals surface area contributed by atoms with Crippen molar-refractivity contribution in [2.45, 2.75) is 38.1 Å². The van der Waals surface area contributed by atoms with Crippen LogP contribution in [0.25, 0.3) is 17.8 Å². The SMILES string of the molecule is Clc1ccc(-n2nc(C3CCN(Cc4cccnc4)CC3)c3/c2=C\CC/C=C\C=3)cc1. The molecule has 5 heteroatoms. The zero-order valence-electron chi connectivity index (χ0n) is 17.6. The van der Waals surface area contributed by atoms with Crippen molar-refractivity contribution in [2.24, 2.45) is 0 Å². The first-order valence-corrected chi connectivity index (χ1v) is 11.5. The number of hydrogen-bond donors (Lipinski definition) is 0. The Labute approximate surface area is 188 Å². The number of benzene rings is 1. The van der Waals surface area contributed by atoms with E-state index in [0.717, 1.165) is 56.0 Å². The molecule has 0 spiro atoms. The van der Waals surface area contributed by atoms with Gasteiger partial charge in [-0.25, -0.2) is 4.68 Å². The largest absolute Gasteiger partial charge is 0.299 e. The lowest BCUT2D eigenvalue weighted by atomic mass is 9.92. The van der Waals surface area contributed by atoms with Crippen molar-refractivity contribution >= 4 is 23.8 Å². The van der Waals surface area contributed by atoms with Crippen LogP contribution < -0.4 is 10.6 Å². The van der Waals surface area contributed by atoms with Crippen molar-refractivity contribution in [3.05, 3.63) is 87.8 Å². The quantitative estimate of drug-likeness (QED) is 0.621. The summed E-state index contributed by atoms with van der Waals surface area (Å²) in [6.45, 7) is 3.14. The first-order chi connectivity index (χ1) is 15.3. The monoisotopic (exact) mass is 430 g/mol. The lowest BCUT2D eigenvalue weighted by Gasteiger charge is -2.31. The summed E-state index contributed by atoms with van der Waals surface area (Å²) in [5.41, 5.74) is 3.58. The maximum Gasteiger partial charge on any atom is 0.0739 e. The van der Waals surface area contributed by atoms with Gasteiger partial charge in [-0.1, -0.05) is 42.0 Å². The van der Waals surface area contributed by atoms with Crippen molar-refractivity contribution in [1.29, 1.82) is 0 Å². The van der Waals surface area contributed by atoms with E-state index in [1.165, 1.54) is 21.8 Å². The molecule has 3 heterocycles. The Balaban J connectivity index is 1.44. The van der Waals surface area contributed by atoms with Gasteiger partial charge in [0.2, 0.25) is 0 Å². The van der Waals surface area contributed by atoms with E-state index in [0.29, 0.717) is 5.92 Å². The minimum atomic E-state index is 0.477. The number of likely N-dealkylation sites (tertiary alicyclic amines) is 1. The summed E-state index contributed by atoms with van der Waals surface area (Å²) in [4.78, 5) is 6.78. The molecule has 31 heavy (non-hydrogen) atoms. The van der Waals surface area contributed by atoms with Crippen LogP contribution in [0.4, 0.5) is 0 Å². The first-order valence-electron chi connectivity index (χ1n) is 11.1. The van der Waals surface area contributed by atoms with Crippen LogP contribution in [0.2, 0.25) is 5.02 Å². The highest BCUT2D eigenvalue weighted by atomic mass is 35.5. The first kappa shape index (κ1) is 20.2. The van der Waals surface area contributed by atoms with Crippen molar-refractivity contribution in [3.63, 3.8) is 0 Å². The van der Waals surface area contributed by atoms with E-state index in [2.05, 4.69) is 57.1 Å². The minimum absolute atomic E-state index is 0.477. The zero-order valence-corrected chi connectivity index (χ0v) is 18.4. The maximum absolute atomic E-state index is 6.13. The molecule has 1 saturated heterocycles. The maximum atomic E-state index is 6.13. The van der Waals surface area contributed by atoms with Gasteiger partial charge >= 0.3 is 0 Å². The Kier molecular flexibility index (Phi) is 6.01. The van der Waals surface area contributed by atoms with Crippen LogP contribution >= 0.6 is 11.6 Å². The highest BCUT2D eigenvalue weighted by Gasteiger charge is 2.24. The molecule has 3 aromatic rings. The zero-order chi connectivity index (χ0) is 21.0. The van der Waals surface area contributed by atoms with Crippen LogP contribution in [0, 0.1) is 0 Å². The third kappa shape index (κ3) is 4.51. The minimum Gasteiger partial charge on any atom is -0.299 e. The van der Waals surface area contributed by atoms with Crippen molar-refractivity contribution in [1.82, 2.24) is 19.7 Å². The molecule has 2 aliphatic rings. The topological polar surface area (TPSA) is 34.0 Å². The fourth-order valence-corrected chi connectivity index (χ4v) is 4.73. The van der Waals surface area contributed by atoms with E-state index in [4.69, 9.17) is 16.7 Å².